The van der Waals surface area contributed by atoms with Crippen LogP contribution in [0.5, 0.6) is 0 Å². The van der Waals surface area contributed by atoms with Gasteiger partial charge >= 0.3 is 12.1 Å². The quantitative estimate of drug-likeness (QED) is 0.524. The van der Waals surface area contributed by atoms with Crippen molar-refractivity contribution in [3.63, 3.8) is 0 Å². The number of hydroxylamine groups is 1. The monoisotopic (exact) mass is 454 g/mol. The van der Waals surface area contributed by atoms with Crippen molar-refractivity contribution in [3.05, 3.63) is 59.7 Å². The first-order valence-electron chi connectivity index (χ1n) is 10.8. The van der Waals surface area contributed by atoms with Crippen LogP contribution in [0.4, 0.5) is 4.79 Å². The maximum absolute atomic E-state index is 12.3. The van der Waals surface area contributed by atoms with Gasteiger partial charge in [-0.15, -0.1) is 0 Å². The summed E-state index contributed by atoms with van der Waals surface area (Å²) in [6, 6.07) is 16.2. The zero-order valence-corrected chi connectivity index (χ0v) is 18.2. The Morgan fingerprint density at radius 3 is 2.36 bits per heavy atom. The van der Waals surface area contributed by atoms with E-state index in [0.717, 1.165) is 22.3 Å². The molecule has 2 amide bonds. The van der Waals surface area contributed by atoms with Crippen LogP contribution in [0.3, 0.4) is 0 Å². The van der Waals surface area contributed by atoms with Crippen LogP contribution in [-0.2, 0) is 23.9 Å². The van der Waals surface area contributed by atoms with Crippen molar-refractivity contribution in [3.8, 4) is 11.1 Å². The standard InChI is InChI=1S/C24H26N2O7/c1-14(23(28)29)33-26-22(27)15-10-16(31-12-15)11-25-24(30)32-13-21-19-8-4-2-6-17(19)18-7-3-5-9-20(18)21/h2-9,14-16,21H,10-13H2,1H3,(H,25,30)(H,26,27)(H,28,29)/t14?,15-,16-/m0/s1. The molecule has 2 aromatic rings. The van der Waals surface area contributed by atoms with Gasteiger partial charge in [0.05, 0.1) is 18.6 Å². The predicted octanol–water partition coefficient (Wildman–Crippen LogP) is 2.45. The van der Waals surface area contributed by atoms with Gasteiger partial charge in [0.1, 0.15) is 6.61 Å². The Morgan fingerprint density at radius 2 is 1.73 bits per heavy atom. The molecule has 174 valence electrons. The fourth-order valence-electron chi connectivity index (χ4n) is 4.16. The summed E-state index contributed by atoms with van der Waals surface area (Å²) in [6.45, 7) is 1.89. The summed E-state index contributed by atoms with van der Waals surface area (Å²) in [7, 11) is 0. The molecule has 3 N–H and O–H groups in total. The number of amides is 2. The highest BCUT2D eigenvalue weighted by Crippen LogP contribution is 2.44. The van der Waals surface area contributed by atoms with E-state index < -0.39 is 30.0 Å². The molecule has 1 aliphatic heterocycles. The molecule has 2 aromatic carbocycles. The molecule has 4 rings (SSSR count). The molecule has 9 nitrogen and oxygen atoms in total. The number of carboxylic acids is 1. The fourth-order valence-corrected chi connectivity index (χ4v) is 4.16. The van der Waals surface area contributed by atoms with Crippen molar-refractivity contribution in [2.45, 2.75) is 31.5 Å². The number of carbonyl (C=O) groups is 3. The summed E-state index contributed by atoms with van der Waals surface area (Å²) in [6.07, 6.45) is -1.67. The first kappa shape index (κ1) is 22.8. The van der Waals surface area contributed by atoms with Gasteiger partial charge in [-0.1, -0.05) is 48.5 Å². The van der Waals surface area contributed by atoms with Crippen molar-refractivity contribution in [2.24, 2.45) is 5.92 Å². The third-order valence-corrected chi connectivity index (χ3v) is 5.95. The van der Waals surface area contributed by atoms with E-state index in [-0.39, 0.29) is 31.8 Å². The number of benzene rings is 2. The second-order valence-electron chi connectivity index (χ2n) is 8.16. The Morgan fingerprint density at radius 1 is 1.09 bits per heavy atom. The van der Waals surface area contributed by atoms with Crippen LogP contribution >= 0.6 is 0 Å². The highest BCUT2D eigenvalue weighted by atomic mass is 16.7. The van der Waals surface area contributed by atoms with E-state index in [1.807, 2.05) is 24.3 Å². The van der Waals surface area contributed by atoms with Crippen LogP contribution in [0, 0.1) is 5.92 Å². The molecule has 1 saturated heterocycles. The van der Waals surface area contributed by atoms with Crippen molar-refractivity contribution >= 4 is 18.0 Å². The SMILES string of the molecule is CC(ONC(=O)[C@@H]1CO[C@H](CNC(=O)OCC2c3ccccc3-c3ccccc32)C1)C(=O)O. The van der Waals surface area contributed by atoms with Crippen molar-refractivity contribution in [2.75, 3.05) is 19.8 Å². The average molecular weight is 454 g/mol. The van der Waals surface area contributed by atoms with Gasteiger partial charge in [0.2, 0.25) is 5.91 Å². The van der Waals surface area contributed by atoms with Gasteiger partial charge in [-0.05, 0) is 35.6 Å². The molecule has 0 radical (unpaired) electrons. The minimum absolute atomic E-state index is 0.0212. The van der Waals surface area contributed by atoms with Crippen LogP contribution in [-0.4, -0.2) is 55.0 Å². The first-order valence-corrected chi connectivity index (χ1v) is 10.8. The Balaban J connectivity index is 1.22. The molecule has 9 heteroatoms. The van der Waals surface area contributed by atoms with E-state index >= 15 is 0 Å². The number of carbonyl (C=O) groups excluding carboxylic acids is 2. The Bertz CT molecular complexity index is 995. The number of fused-ring (bicyclic) bond motifs is 3. The van der Waals surface area contributed by atoms with E-state index in [4.69, 9.17) is 19.4 Å². The van der Waals surface area contributed by atoms with Gasteiger partial charge in [0.25, 0.3) is 0 Å². The van der Waals surface area contributed by atoms with E-state index in [1.165, 1.54) is 6.92 Å². The summed E-state index contributed by atoms with van der Waals surface area (Å²) in [4.78, 5) is 39.9. The van der Waals surface area contributed by atoms with Crippen LogP contribution in [0.1, 0.15) is 30.4 Å². The Labute approximate surface area is 191 Å². The van der Waals surface area contributed by atoms with Crippen LogP contribution in [0.25, 0.3) is 11.1 Å². The molecule has 1 heterocycles. The molecule has 3 atom stereocenters. The van der Waals surface area contributed by atoms with Gasteiger partial charge in [-0.3, -0.25) is 9.63 Å². The van der Waals surface area contributed by atoms with Crippen molar-refractivity contribution in [1.29, 1.82) is 0 Å². The summed E-state index contributed by atoms with van der Waals surface area (Å²) in [5.74, 6) is -2.14. The minimum Gasteiger partial charge on any atom is -0.479 e. The summed E-state index contributed by atoms with van der Waals surface area (Å²) < 4.78 is 11.1. The van der Waals surface area contributed by atoms with Crippen LogP contribution in [0.15, 0.2) is 48.5 Å². The van der Waals surface area contributed by atoms with E-state index in [0.29, 0.717) is 6.42 Å². The predicted molar refractivity (Wildman–Crippen MR) is 117 cm³/mol. The van der Waals surface area contributed by atoms with E-state index in [2.05, 4.69) is 35.1 Å². The lowest BCUT2D eigenvalue weighted by Gasteiger charge is -2.16. The zero-order valence-electron chi connectivity index (χ0n) is 18.2. The summed E-state index contributed by atoms with van der Waals surface area (Å²) in [5, 5.41) is 11.5. The lowest BCUT2D eigenvalue weighted by Crippen LogP contribution is -2.37. The van der Waals surface area contributed by atoms with Gasteiger partial charge < -0.3 is 19.9 Å². The van der Waals surface area contributed by atoms with Gasteiger partial charge in [-0.25, -0.2) is 15.1 Å². The number of alkyl carbamates (subject to hydrolysis) is 1. The molecular formula is C24H26N2O7. The maximum Gasteiger partial charge on any atom is 0.407 e. The molecule has 33 heavy (non-hydrogen) atoms. The number of rotatable bonds is 8. The van der Waals surface area contributed by atoms with Crippen molar-refractivity contribution < 1.29 is 33.8 Å². The second kappa shape index (κ2) is 10.0. The third kappa shape index (κ3) is 5.15. The molecule has 0 aromatic heterocycles. The zero-order chi connectivity index (χ0) is 23.4. The number of ether oxygens (including phenoxy) is 2. The maximum atomic E-state index is 12.3. The number of hydrogen-bond donors (Lipinski definition) is 3. The molecule has 1 fully saturated rings. The second-order valence-corrected chi connectivity index (χ2v) is 8.16. The van der Waals surface area contributed by atoms with Crippen LogP contribution < -0.4 is 10.8 Å². The fraction of sp³-hybridized carbons (Fsp3) is 0.375. The molecule has 2 aliphatic rings. The summed E-state index contributed by atoms with van der Waals surface area (Å²) >= 11 is 0. The van der Waals surface area contributed by atoms with E-state index in [1.54, 1.807) is 0 Å². The lowest BCUT2D eigenvalue weighted by molar-refractivity contribution is -0.160. The Hall–Kier alpha value is -3.43. The minimum atomic E-state index is -1.18. The number of aliphatic carboxylic acids is 1. The normalized spacial score (nSPS) is 19.9. The largest absolute Gasteiger partial charge is 0.479 e. The number of nitrogens with one attached hydrogen (secondary N) is 2. The van der Waals surface area contributed by atoms with Gasteiger partial charge in [0.15, 0.2) is 6.10 Å². The number of hydrogen-bond acceptors (Lipinski definition) is 6. The van der Waals surface area contributed by atoms with E-state index in [9.17, 15) is 14.4 Å². The molecule has 1 unspecified atom stereocenters. The molecular weight excluding hydrogens is 428 g/mol. The topological polar surface area (TPSA) is 123 Å². The Kier molecular flexibility index (Phi) is 6.90. The third-order valence-electron chi connectivity index (χ3n) is 5.95. The van der Waals surface area contributed by atoms with Crippen molar-refractivity contribution in [1.82, 2.24) is 10.8 Å². The molecule has 1 aliphatic carbocycles. The van der Waals surface area contributed by atoms with Gasteiger partial charge in [0, 0.05) is 12.5 Å². The van der Waals surface area contributed by atoms with Gasteiger partial charge in [-0.2, -0.15) is 0 Å². The van der Waals surface area contributed by atoms with Crippen LogP contribution in [0.2, 0.25) is 0 Å². The highest BCUT2D eigenvalue weighted by molar-refractivity contribution is 5.79. The average Bonchev–Trinajstić information content (AvgIpc) is 3.42. The summed E-state index contributed by atoms with van der Waals surface area (Å²) in [5.41, 5.74) is 6.74. The lowest BCUT2D eigenvalue weighted by atomic mass is 9.98. The molecule has 0 bridgehead atoms. The molecule has 0 saturated carbocycles. The molecule has 0 spiro atoms. The highest BCUT2D eigenvalue weighted by Gasteiger charge is 2.32. The first-order chi connectivity index (χ1) is 15.9. The smallest absolute Gasteiger partial charge is 0.407 e. The number of carboxylic acid groups (broad SMARTS) is 1.